The molecule has 2 fully saturated rings. The Bertz CT molecular complexity index is 1450. The van der Waals surface area contributed by atoms with Crippen LogP contribution in [-0.4, -0.2) is 88.4 Å². The number of nitrogens with one attached hydrogen (secondary N) is 3. The topological polar surface area (TPSA) is 97.1 Å². The number of aromatic nitrogens is 5. The molecule has 0 amide bonds. The van der Waals surface area contributed by atoms with Gasteiger partial charge in [0.15, 0.2) is 11.5 Å². The van der Waals surface area contributed by atoms with Gasteiger partial charge in [0.1, 0.15) is 17.3 Å². The zero-order valence-corrected chi connectivity index (χ0v) is 23.2. The Kier molecular flexibility index (Phi) is 7.80. The van der Waals surface area contributed by atoms with E-state index in [9.17, 15) is 8.78 Å². The van der Waals surface area contributed by atoms with Crippen molar-refractivity contribution in [2.45, 2.75) is 24.7 Å². The van der Waals surface area contributed by atoms with E-state index >= 15 is 0 Å². The Hall–Kier alpha value is -3.71. The molecule has 41 heavy (non-hydrogen) atoms. The van der Waals surface area contributed by atoms with Crippen molar-refractivity contribution in [3.05, 3.63) is 78.4 Å². The first-order valence-electron chi connectivity index (χ1n) is 13.8. The molecule has 2 aliphatic rings. The smallest absolute Gasteiger partial charge is 0.194 e. The summed E-state index contributed by atoms with van der Waals surface area (Å²) in [4.78, 5) is 11.0. The summed E-state index contributed by atoms with van der Waals surface area (Å²) in [6.45, 7) is 5.98. The molecule has 2 saturated heterocycles. The average Bonchev–Trinajstić information content (AvgIpc) is 3.68. The van der Waals surface area contributed by atoms with Gasteiger partial charge in [-0.15, -0.1) is 0 Å². The minimum atomic E-state index is -1.51. The summed E-state index contributed by atoms with van der Waals surface area (Å²) in [5.41, 5.74) is 1.74. The van der Waals surface area contributed by atoms with Crippen LogP contribution in [0.4, 0.5) is 14.6 Å². The third-order valence-electron chi connectivity index (χ3n) is 7.92. The lowest BCUT2D eigenvalue weighted by atomic mass is 9.98. The molecule has 2 aliphatic heterocycles. The van der Waals surface area contributed by atoms with Gasteiger partial charge in [-0.1, -0.05) is 18.2 Å². The van der Waals surface area contributed by atoms with E-state index in [1.54, 1.807) is 31.9 Å². The van der Waals surface area contributed by atoms with Gasteiger partial charge in [0.2, 0.25) is 0 Å². The van der Waals surface area contributed by atoms with Crippen molar-refractivity contribution in [2.24, 2.45) is 0 Å². The molecule has 0 spiro atoms. The minimum absolute atomic E-state index is 0.0779. The largest absolute Gasteiger partial charge is 0.383 e. The number of hydrogen-bond donors (Lipinski definition) is 3. The lowest BCUT2D eigenvalue weighted by Gasteiger charge is -2.33. The van der Waals surface area contributed by atoms with Crippen LogP contribution in [0.5, 0.6) is 0 Å². The molecule has 1 aromatic carbocycles. The van der Waals surface area contributed by atoms with Crippen molar-refractivity contribution in [1.82, 2.24) is 39.8 Å². The zero-order valence-electron chi connectivity index (χ0n) is 23.2. The van der Waals surface area contributed by atoms with E-state index in [0.717, 1.165) is 42.4 Å². The van der Waals surface area contributed by atoms with Gasteiger partial charge < -0.3 is 19.9 Å². The number of ether oxygens (including phenoxy) is 1. The van der Waals surface area contributed by atoms with E-state index in [0.29, 0.717) is 18.8 Å². The molecule has 3 N–H and O–H groups in total. The molecule has 2 atom stereocenters. The second kappa shape index (κ2) is 11.6. The molecule has 6 rings (SSSR count). The van der Waals surface area contributed by atoms with Gasteiger partial charge in [-0.3, -0.25) is 10.2 Å². The van der Waals surface area contributed by atoms with Gasteiger partial charge in [-0.25, -0.2) is 23.4 Å². The molecule has 0 saturated carbocycles. The number of methoxy groups -OCH3 is 1. The first kappa shape index (κ1) is 27.5. The van der Waals surface area contributed by atoms with E-state index < -0.39 is 5.67 Å². The van der Waals surface area contributed by atoms with Gasteiger partial charge in [0.25, 0.3) is 0 Å². The summed E-state index contributed by atoms with van der Waals surface area (Å²) < 4.78 is 37.7. The molecule has 0 bridgehead atoms. The lowest BCUT2D eigenvalue weighted by Crippen LogP contribution is -2.54. The van der Waals surface area contributed by atoms with Gasteiger partial charge >= 0.3 is 0 Å². The average molecular weight is 564 g/mol. The standard InChI is InChI=1S/C29H35F2N9O/c1-20-26(21-12-33-28(34-13-21)29(31)17-32-18-29)37-40(23-6-4-3-5-7-23)27(20)36-19-35-24-15-38(10-11-41-2)16-25(24)39-9-8-22(30)14-39/h3-9,12-14,24-25,32,35-36H,10-11,15-19H2,1-2H3/t24-,25-/m1/s1. The van der Waals surface area contributed by atoms with E-state index in [1.165, 1.54) is 6.07 Å². The van der Waals surface area contributed by atoms with Crippen molar-refractivity contribution < 1.29 is 13.5 Å². The Morgan fingerprint density at radius 2 is 1.90 bits per heavy atom. The molecule has 4 aromatic rings. The summed E-state index contributed by atoms with van der Waals surface area (Å²) in [5.74, 6) is 0.775. The van der Waals surface area contributed by atoms with Gasteiger partial charge in [-0.05, 0) is 25.1 Å². The van der Waals surface area contributed by atoms with Crippen LogP contribution in [0.15, 0.2) is 61.2 Å². The summed E-state index contributed by atoms with van der Waals surface area (Å²) >= 11 is 0. The monoisotopic (exact) mass is 563 g/mol. The van der Waals surface area contributed by atoms with Crippen LogP contribution in [0, 0.1) is 12.7 Å². The lowest BCUT2D eigenvalue weighted by molar-refractivity contribution is 0.0786. The van der Waals surface area contributed by atoms with Crippen LogP contribution in [-0.2, 0) is 10.4 Å². The molecule has 3 aromatic heterocycles. The van der Waals surface area contributed by atoms with Crippen LogP contribution in [0.3, 0.4) is 0 Å². The van der Waals surface area contributed by atoms with E-state index in [1.807, 2.05) is 46.5 Å². The van der Waals surface area contributed by atoms with Crippen LogP contribution in [0.1, 0.15) is 17.4 Å². The minimum Gasteiger partial charge on any atom is -0.383 e. The highest BCUT2D eigenvalue weighted by atomic mass is 19.1. The Morgan fingerprint density at radius 3 is 2.56 bits per heavy atom. The van der Waals surface area contributed by atoms with E-state index in [4.69, 9.17) is 9.84 Å². The Morgan fingerprint density at radius 1 is 1.12 bits per heavy atom. The molecule has 0 aliphatic carbocycles. The maximum atomic E-state index is 14.8. The maximum absolute atomic E-state index is 14.8. The van der Waals surface area contributed by atoms with Gasteiger partial charge in [-0.2, -0.15) is 5.10 Å². The van der Waals surface area contributed by atoms with Gasteiger partial charge in [0, 0.05) is 81.8 Å². The third kappa shape index (κ3) is 5.60. The third-order valence-corrected chi connectivity index (χ3v) is 7.92. The molecule has 12 heteroatoms. The van der Waals surface area contributed by atoms with Crippen LogP contribution in [0.25, 0.3) is 16.9 Å². The normalized spacial score (nSPS) is 20.3. The fourth-order valence-corrected chi connectivity index (χ4v) is 5.55. The van der Waals surface area contributed by atoms with Crippen LogP contribution < -0.4 is 16.0 Å². The van der Waals surface area contributed by atoms with Gasteiger partial charge in [0.05, 0.1) is 25.0 Å². The van der Waals surface area contributed by atoms with E-state index in [-0.39, 0.29) is 36.8 Å². The highest BCUT2D eigenvalue weighted by Gasteiger charge is 2.41. The molecule has 216 valence electrons. The van der Waals surface area contributed by atoms with Crippen molar-refractivity contribution in [2.75, 3.05) is 58.4 Å². The number of anilines is 1. The summed E-state index contributed by atoms with van der Waals surface area (Å²) in [6.07, 6.45) is 6.63. The summed E-state index contributed by atoms with van der Waals surface area (Å²) in [5, 5.41) is 15.0. The molecule has 0 unspecified atom stereocenters. The number of halogens is 2. The summed E-state index contributed by atoms with van der Waals surface area (Å²) in [7, 11) is 1.70. The van der Waals surface area contributed by atoms with Crippen molar-refractivity contribution in [3.8, 4) is 16.9 Å². The number of benzene rings is 1. The number of alkyl halides is 1. The molecule has 10 nitrogen and oxygen atoms in total. The molecule has 0 radical (unpaired) electrons. The molecular formula is C29H35F2N9O. The fraction of sp³-hybridized carbons (Fsp3) is 0.414. The second-order valence-corrected chi connectivity index (χ2v) is 10.7. The fourth-order valence-electron chi connectivity index (χ4n) is 5.55. The number of hydrogen-bond acceptors (Lipinski definition) is 8. The predicted molar refractivity (Wildman–Crippen MR) is 152 cm³/mol. The second-order valence-electron chi connectivity index (χ2n) is 10.7. The van der Waals surface area contributed by atoms with Crippen molar-refractivity contribution in [3.63, 3.8) is 0 Å². The number of likely N-dealkylation sites (tertiary alicyclic amines) is 1. The Balaban J connectivity index is 1.22. The SMILES string of the molecule is COCCN1C[C@@H](n2ccc(F)c2)[C@H](NCNc2c(C)c(-c3cnc(C4(F)CNC4)nc3)nn2-c2ccccc2)C1. The van der Waals surface area contributed by atoms with Crippen LogP contribution in [0.2, 0.25) is 0 Å². The molecular weight excluding hydrogens is 528 g/mol. The molecule has 5 heterocycles. The number of para-hydroxylation sites is 1. The maximum Gasteiger partial charge on any atom is 0.194 e. The first-order chi connectivity index (χ1) is 19.9. The van der Waals surface area contributed by atoms with Crippen molar-refractivity contribution >= 4 is 5.82 Å². The van der Waals surface area contributed by atoms with Crippen molar-refractivity contribution in [1.29, 1.82) is 0 Å². The van der Waals surface area contributed by atoms with E-state index in [2.05, 4.69) is 30.8 Å². The predicted octanol–water partition coefficient (Wildman–Crippen LogP) is 2.88. The summed E-state index contributed by atoms with van der Waals surface area (Å²) in [6, 6.07) is 11.5. The highest BCUT2D eigenvalue weighted by Crippen LogP contribution is 2.32. The zero-order chi connectivity index (χ0) is 28.4. The number of rotatable bonds is 11. The first-order valence-corrected chi connectivity index (χ1v) is 13.8. The number of nitrogens with zero attached hydrogens (tertiary/aromatic N) is 6. The highest BCUT2D eigenvalue weighted by molar-refractivity contribution is 5.69. The Labute approximate surface area is 237 Å². The quantitative estimate of drug-likeness (QED) is 0.240. The van der Waals surface area contributed by atoms with Crippen LogP contribution >= 0.6 is 0 Å².